The monoisotopic (exact) mass is 439 g/mol. The fourth-order valence-electron chi connectivity index (χ4n) is 4.28. The number of halogens is 1. The zero-order chi connectivity index (χ0) is 22.8. The molecule has 1 amide bonds. The first-order chi connectivity index (χ1) is 15.4. The summed E-state index contributed by atoms with van der Waals surface area (Å²) in [6.45, 7) is 4.85. The van der Waals surface area contributed by atoms with Gasteiger partial charge in [-0.1, -0.05) is 12.1 Å². The zero-order valence-electron chi connectivity index (χ0n) is 18.1. The third-order valence-corrected chi connectivity index (χ3v) is 5.90. The van der Waals surface area contributed by atoms with Gasteiger partial charge in [-0.25, -0.2) is 4.39 Å². The Labute approximate surface area is 186 Å². The van der Waals surface area contributed by atoms with E-state index >= 15 is 0 Å². The van der Waals surface area contributed by atoms with E-state index in [2.05, 4.69) is 0 Å². The summed E-state index contributed by atoms with van der Waals surface area (Å²) in [6.07, 6.45) is 1.54. The summed E-state index contributed by atoms with van der Waals surface area (Å²) in [5.41, 5.74) is 1.28. The number of Topliss-reactive ketones (excluding diaryl/α,β-unsaturated/α-hetero) is 1. The highest BCUT2D eigenvalue weighted by Crippen LogP contribution is 2.40. The van der Waals surface area contributed by atoms with Gasteiger partial charge in [0.25, 0.3) is 11.7 Å². The number of likely N-dealkylation sites (tertiary alicyclic amines) is 1. The van der Waals surface area contributed by atoms with Crippen molar-refractivity contribution in [3.05, 3.63) is 70.5 Å². The minimum atomic E-state index is -0.778. The Balaban J connectivity index is 1.80. The molecular formula is C25H26FNO5. The molecule has 0 radical (unpaired) electrons. The van der Waals surface area contributed by atoms with Gasteiger partial charge >= 0.3 is 0 Å². The van der Waals surface area contributed by atoms with Gasteiger partial charge in [-0.2, -0.15) is 0 Å². The molecule has 2 aliphatic rings. The van der Waals surface area contributed by atoms with Crippen LogP contribution in [0.15, 0.2) is 48.0 Å². The molecule has 6 nitrogen and oxygen atoms in total. The molecule has 2 unspecified atom stereocenters. The standard InChI is InChI=1S/C25H26FNO5/c1-3-31-18-9-6-16(7-10-18)22-21(23(28)17-8-11-20(26)15(2)13-17)24(29)25(30)27(22)14-19-5-4-12-32-19/h6-11,13,19,22,28H,3-5,12,14H2,1-2H3/b23-21-. The predicted molar refractivity (Wildman–Crippen MR) is 117 cm³/mol. The van der Waals surface area contributed by atoms with Gasteiger partial charge in [-0.05, 0) is 68.1 Å². The van der Waals surface area contributed by atoms with E-state index in [1.54, 1.807) is 31.2 Å². The molecule has 32 heavy (non-hydrogen) atoms. The topological polar surface area (TPSA) is 76.1 Å². The Kier molecular flexibility index (Phi) is 6.28. The number of hydrogen-bond acceptors (Lipinski definition) is 5. The molecule has 2 aromatic rings. The number of carbonyl (C=O) groups excluding carboxylic acids is 2. The Morgan fingerprint density at radius 3 is 2.59 bits per heavy atom. The Hall–Kier alpha value is -3.19. The number of rotatable bonds is 6. The number of carbonyl (C=O) groups is 2. The first-order valence-electron chi connectivity index (χ1n) is 10.8. The van der Waals surface area contributed by atoms with E-state index in [1.165, 1.54) is 23.1 Å². The summed E-state index contributed by atoms with van der Waals surface area (Å²) in [5, 5.41) is 11.1. The highest BCUT2D eigenvalue weighted by atomic mass is 19.1. The molecule has 1 N–H and O–H groups in total. The number of aryl methyl sites for hydroxylation is 1. The summed E-state index contributed by atoms with van der Waals surface area (Å²) < 4.78 is 25.0. The van der Waals surface area contributed by atoms with Crippen LogP contribution in [0, 0.1) is 12.7 Å². The molecule has 0 bridgehead atoms. The molecule has 0 aromatic heterocycles. The maximum absolute atomic E-state index is 13.8. The fourth-order valence-corrected chi connectivity index (χ4v) is 4.28. The first-order valence-corrected chi connectivity index (χ1v) is 10.8. The van der Waals surface area contributed by atoms with E-state index in [1.807, 2.05) is 6.92 Å². The summed E-state index contributed by atoms with van der Waals surface area (Å²) in [5.74, 6) is -1.51. The molecule has 2 aromatic carbocycles. The van der Waals surface area contributed by atoms with E-state index < -0.39 is 23.5 Å². The lowest BCUT2D eigenvalue weighted by Crippen LogP contribution is -2.36. The summed E-state index contributed by atoms with van der Waals surface area (Å²) in [7, 11) is 0. The minimum Gasteiger partial charge on any atom is -0.507 e. The molecule has 2 atom stereocenters. The molecule has 168 valence electrons. The van der Waals surface area contributed by atoms with Crippen molar-refractivity contribution in [2.75, 3.05) is 19.8 Å². The van der Waals surface area contributed by atoms with E-state index in [9.17, 15) is 19.1 Å². The van der Waals surface area contributed by atoms with Crippen molar-refractivity contribution in [3.8, 4) is 5.75 Å². The van der Waals surface area contributed by atoms with Crippen molar-refractivity contribution in [3.63, 3.8) is 0 Å². The van der Waals surface area contributed by atoms with Crippen LogP contribution in [0.25, 0.3) is 5.76 Å². The molecule has 4 rings (SSSR count). The van der Waals surface area contributed by atoms with E-state index in [0.29, 0.717) is 30.1 Å². The number of nitrogens with zero attached hydrogens (tertiary/aromatic N) is 1. The quantitative estimate of drug-likeness (QED) is 0.416. The maximum atomic E-state index is 13.8. The highest BCUT2D eigenvalue weighted by molar-refractivity contribution is 6.46. The van der Waals surface area contributed by atoms with Crippen LogP contribution >= 0.6 is 0 Å². The van der Waals surface area contributed by atoms with E-state index in [4.69, 9.17) is 9.47 Å². The predicted octanol–water partition coefficient (Wildman–Crippen LogP) is 4.13. The molecule has 2 saturated heterocycles. The minimum absolute atomic E-state index is 0.0110. The van der Waals surface area contributed by atoms with Gasteiger partial charge in [0, 0.05) is 18.7 Å². The summed E-state index contributed by atoms with van der Waals surface area (Å²) in [4.78, 5) is 27.5. The first kappa shape index (κ1) is 22.0. The van der Waals surface area contributed by atoms with Gasteiger partial charge in [-0.15, -0.1) is 0 Å². The molecule has 2 aliphatic heterocycles. The van der Waals surface area contributed by atoms with Crippen molar-refractivity contribution in [2.45, 2.75) is 38.8 Å². The highest BCUT2D eigenvalue weighted by Gasteiger charge is 2.47. The number of aliphatic hydroxyl groups excluding tert-OH is 1. The van der Waals surface area contributed by atoms with Crippen LogP contribution in [0.1, 0.15) is 42.5 Å². The lowest BCUT2D eigenvalue weighted by molar-refractivity contribution is -0.140. The van der Waals surface area contributed by atoms with Crippen molar-refractivity contribution in [1.82, 2.24) is 4.90 Å². The second-order valence-electron chi connectivity index (χ2n) is 8.05. The molecule has 0 saturated carbocycles. The van der Waals surface area contributed by atoms with Crippen molar-refractivity contribution in [1.29, 1.82) is 0 Å². The molecular weight excluding hydrogens is 413 g/mol. The number of ether oxygens (including phenoxy) is 2. The molecule has 0 aliphatic carbocycles. The smallest absolute Gasteiger partial charge is 0.295 e. The molecule has 7 heteroatoms. The van der Waals surface area contributed by atoms with Gasteiger partial charge in [0.2, 0.25) is 0 Å². The van der Waals surface area contributed by atoms with E-state index in [0.717, 1.165) is 12.8 Å². The van der Waals surface area contributed by atoms with Crippen molar-refractivity contribution < 1.29 is 28.6 Å². The summed E-state index contributed by atoms with van der Waals surface area (Å²) >= 11 is 0. The number of hydrogen-bond donors (Lipinski definition) is 1. The third-order valence-electron chi connectivity index (χ3n) is 5.90. The number of amides is 1. The van der Waals surface area contributed by atoms with Crippen LogP contribution in [-0.2, 0) is 14.3 Å². The molecule has 2 heterocycles. The largest absolute Gasteiger partial charge is 0.507 e. The van der Waals surface area contributed by atoms with E-state index in [-0.39, 0.29) is 29.5 Å². The van der Waals surface area contributed by atoms with Gasteiger partial charge in [0.15, 0.2) is 0 Å². The van der Waals surface area contributed by atoms with Gasteiger partial charge in [-0.3, -0.25) is 9.59 Å². The number of aliphatic hydroxyl groups is 1. The SMILES string of the molecule is CCOc1ccc(C2/C(=C(/O)c3ccc(F)c(C)c3)C(=O)C(=O)N2CC2CCCO2)cc1. The van der Waals surface area contributed by atoms with Crippen LogP contribution in [0.2, 0.25) is 0 Å². The average Bonchev–Trinajstić information content (AvgIpc) is 3.38. The number of benzene rings is 2. The fraction of sp³-hybridized carbons (Fsp3) is 0.360. The van der Waals surface area contributed by atoms with Gasteiger partial charge < -0.3 is 19.5 Å². The van der Waals surface area contributed by atoms with Crippen LogP contribution in [0.5, 0.6) is 5.75 Å². The third kappa shape index (κ3) is 4.12. The van der Waals surface area contributed by atoms with Gasteiger partial charge in [0.1, 0.15) is 17.3 Å². The Morgan fingerprint density at radius 1 is 1.22 bits per heavy atom. The van der Waals surface area contributed by atoms with Crippen LogP contribution in [-0.4, -0.2) is 47.6 Å². The Morgan fingerprint density at radius 2 is 1.97 bits per heavy atom. The molecule has 0 spiro atoms. The van der Waals surface area contributed by atoms with Crippen molar-refractivity contribution in [2.24, 2.45) is 0 Å². The van der Waals surface area contributed by atoms with Crippen LogP contribution < -0.4 is 4.74 Å². The van der Waals surface area contributed by atoms with Crippen LogP contribution in [0.4, 0.5) is 4.39 Å². The average molecular weight is 439 g/mol. The lowest BCUT2D eigenvalue weighted by Gasteiger charge is -2.27. The van der Waals surface area contributed by atoms with Crippen LogP contribution in [0.3, 0.4) is 0 Å². The lowest BCUT2D eigenvalue weighted by atomic mass is 9.94. The maximum Gasteiger partial charge on any atom is 0.295 e. The Bertz CT molecular complexity index is 1060. The van der Waals surface area contributed by atoms with Gasteiger partial charge in [0.05, 0.1) is 24.3 Å². The summed E-state index contributed by atoms with van der Waals surface area (Å²) in [6, 6.07) is 10.4. The van der Waals surface area contributed by atoms with Crippen molar-refractivity contribution >= 4 is 17.4 Å². The second kappa shape index (κ2) is 9.12. The second-order valence-corrected chi connectivity index (χ2v) is 8.05. The number of ketones is 1. The normalized spacial score (nSPS) is 22.5. The zero-order valence-corrected chi connectivity index (χ0v) is 18.1. The molecule has 2 fully saturated rings.